The third-order valence-corrected chi connectivity index (χ3v) is 4.99. The SMILES string of the molecule is N#Cc1cncc(C2=CC3CCC(C2)N3Cc2ccccc2)c1. The lowest BCUT2D eigenvalue weighted by Crippen LogP contribution is -2.37. The summed E-state index contributed by atoms with van der Waals surface area (Å²) in [6.07, 6.45) is 9.45. The quantitative estimate of drug-likeness (QED) is 0.866. The van der Waals surface area contributed by atoms with Crippen molar-refractivity contribution >= 4 is 5.57 Å². The van der Waals surface area contributed by atoms with Crippen LogP contribution >= 0.6 is 0 Å². The van der Waals surface area contributed by atoms with E-state index in [9.17, 15) is 0 Å². The van der Waals surface area contributed by atoms with E-state index >= 15 is 0 Å². The molecule has 0 N–H and O–H groups in total. The first-order valence-electron chi connectivity index (χ1n) is 8.19. The van der Waals surface area contributed by atoms with Crippen molar-refractivity contribution in [3.8, 4) is 6.07 Å². The van der Waals surface area contributed by atoms with Gasteiger partial charge >= 0.3 is 0 Å². The number of pyridine rings is 1. The Morgan fingerprint density at radius 3 is 2.83 bits per heavy atom. The summed E-state index contributed by atoms with van der Waals surface area (Å²) in [6, 6.07) is 16.0. The van der Waals surface area contributed by atoms with Crippen LogP contribution in [-0.2, 0) is 6.54 Å². The molecule has 0 aliphatic carbocycles. The fraction of sp³-hybridized carbons (Fsp3) is 0.300. The van der Waals surface area contributed by atoms with Crippen LogP contribution in [0.5, 0.6) is 0 Å². The number of benzene rings is 1. The van der Waals surface area contributed by atoms with Gasteiger partial charge in [-0.2, -0.15) is 5.26 Å². The maximum absolute atomic E-state index is 9.07. The molecule has 2 unspecified atom stereocenters. The first-order chi connectivity index (χ1) is 11.3. The fourth-order valence-electron chi connectivity index (χ4n) is 3.85. The zero-order chi connectivity index (χ0) is 15.6. The van der Waals surface area contributed by atoms with Crippen molar-refractivity contribution in [1.82, 2.24) is 9.88 Å². The number of nitrogens with zero attached hydrogens (tertiary/aromatic N) is 3. The van der Waals surface area contributed by atoms with Crippen LogP contribution in [0.4, 0.5) is 0 Å². The Morgan fingerprint density at radius 1 is 1.17 bits per heavy atom. The van der Waals surface area contributed by atoms with Crippen LogP contribution in [0, 0.1) is 11.3 Å². The van der Waals surface area contributed by atoms with Crippen molar-refractivity contribution in [1.29, 1.82) is 5.26 Å². The number of hydrogen-bond donors (Lipinski definition) is 0. The summed E-state index contributed by atoms with van der Waals surface area (Å²) in [5.41, 5.74) is 4.49. The van der Waals surface area contributed by atoms with E-state index in [4.69, 9.17) is 5.26 Å². The van der Waals surface area contributed by atoms with Gasteiger partial charge in [0.1, 0.15) is 6.07 Å². The minimum absolute atomic E-state index is 0.509. The minimum Gasteiger partial charge on any atom is -0.289 e. The van der Waals surface area contributed by atoms with E-state index in [0.29, 0.717) is 17.6 Å². The molecule has 3 heteroatoms. The maximum Gasteiger partial charge on any atom is 0.101 e. The van der Waals surface area contributed by atoms with E-state index in [1.165, 1.54) is 24.0 Å². The highest BCUT2D eigenvalue weighted by Gasteiger charge is 2.36. The normalized spacial score (nSPS) is 23.3. The molecule has 1 aromatic heterocycles. The Labute approximate surface area is 136 Å². The summed E-state index contributed by atoms with van der Waals surface area (Å²) in [7, 11) is 0. The van der Waals surface area contributed by atoms with Gasteiger partial charge in [0.2, 0.25) is 0 Å². The molecule has 2 atom stereocenters. The van der Waals surface area contributed by atoms with Crippen LogP contribution < -0.4 is 0 Å². The third kappa shape index (κ3) is 2.78. The first kappa shape index (κ1) is 14.2. The third-order valence-electron chi connectivity index (χ3n) is 4.99. The molecule has 4 rings (SSSR count). The van der Waals surface area contributed by atoms with Crippen molar-refractivity contribution < 1.29 is 0 Å². The number of nitriles is 1. The van der Waals surface area contributed by atoms with Gasteiger partial charge in [-0.25, -0.2) is 0 Å². The second-order valence-electron chi connectivity index (χ2n) is 6.43. The van der Waals surface area contributed by atoms with Gasteiger partial charge in [-0.15, -0.1) is 0 Å². The second-order valence-corrected chi connectivity index (χ2v) is 6.43. The van der Waals surface area contributed by atoms with Crippen LogP contribution in [0.3, 0.4) is 0 Å². The molecule has 0 spiro atoms. The highest BCUT2D eigenvalue weighted by atomic mass is 15.2. The molecule has 0 amide bonds. The van der Waals surface area contributed by atoms with Gasteiger partial charge in [-0.3, -0.25) is 9.88 Å². The number of fused-ring (bicyclic) bond motifs is 2. The Bertz CT molecular complexity index is 773. The van der Waals surface area contributed by atoms with Crippen molar-refractivity contribution in [2.75, 3.05) is 0 Å². The van der Waals surface area contributed by atoms with Gasteiger partial charge in [0.05, 0.1) is 5.56 Å². The summed E-state index contributed by atoms with van der Waals surface area (Å²) in [5.74, 6) is 0. The van der Waals surface area contributed by atoms with E-state index in [2.05, 4.69) is 52.4 Å². The number of rotatable bonds is 3. The van der Waals surface area contributed by atoms with E-state index in [-0.39, 0.29) is 0 Å². The van der Waals surface area contributed by atoms with Gasteiger partial charge in [0, 0.05) is 31.0 Å². The van der Waals surface area contributed by atoms with Crippen LogP contribution in [-0.4, -0.2) is 22.0 Å². The Morgan fingerprint density at radius 2 is 2.04 bits per heavy atom. The molecule has 1 aromatic carbocycles. The van der Waals surface area contributed by atoms with Gasteiger partial charge in [-0.1, -0.05) is 36.4 Å². The highest BCUT2D eigenvalue weighted by Crippen LogP contribution is 2.39. The van der Waals surface area contributed by atoms with Crippen molar-refractivity contribution in [2.45, 2.75) is 37.9 Å². The van der Waals surface area contributed by atoms with E-state index < -0.39 is 0 Å². The topological polar surface area (TPSA) is 39.9 Å². The molecule has 23 heavy (non-hydrogen) atoms. The largest absolute Gasteiger partial charge is 0.289 e. The smallest absolute Gasteiger partial charge is 0.101 e. The standard InChI is InChI=1S/C20H19N3/c21-11-16-8-18(13-22-12-16)17-9-19-6-7-20(10-17)23(19)14-15-4-2-1-3-5-15/h1-5,8-9,12-13,19-20H,6-7,10,14H2. The van der Waals surface area contributed by atoms with Gasteiger partial charge in [-0.05, 0) is 42.0 Å². The summed E-state index contributed by atoms with van der Waals surface area (Å²) in [4.78, 5) is 6.84. The summed E-state index contributed by atoms with van der Waals surface area (Å²) < 4.78 is 0. The first-order valence-corrected chi connectivity index (χ1v) is 8.19. The van der Waals surface area contributed by atoms with Gasteiger partial charge < -0.3 is 0 Å². The molecule has 114 valence electrons. The molecule has 3 nitrogen and oxygen atoms in total. The lowest BCUT2D eigenvalue weighted by atomic mass is 9.94. The van der Waals surface area contributed by atoms with Crippen LogP contribution in [0.2, 0.25) is 0 Å². The lowest BCUT2D eigenvalue weighted by Gasteiger charge is -2.34. The van der Waals surface area contributed by atoms with E-state index in [1.54, 1.807) is 6.20 Å². The zero-order valence-electron chi connectivity index (χ0n) is 13.0. The van der Waals surface area contributed by atoms with E-state index in [0.717, 1.165) is 18.5 Å². The summed E-state index contributed by atoms with van der Waals surface area (Å²) >= 11 is 0. The molecule has 1 saturated heterocycles. The Kier molecular flexibility index (Phi) is 3.69. The molecule has 0 radical (unpaired) electrons. The Hall–Kier alpha value is -2.44. The van der Waals surface area contributed by atoms with Crippen LogP contribution in [0.25, 0.3) is 5.57 Å². The van der Waals surface area contributed by atoms with Crippen molar-refractivity contribution in [3.05, 3.63) is 71.6 Å². The maximum atomic E-state index is 9.07. The van der Waals surface area contributed by atoms with Crippen LogP contribution in [0.15, 0.2) is 54.9 Å². The fourth-order valence-corrected chi connectivity index (χ4v) is 3.85. The van der Waals surface area contributed by atoms with Gasteiger partial charge in [0.15, 0.2) is 0 Å². The molecule has 2 aromatic rings. The average Bonchev–Trinajstić information content (AvgIpc) is 2.84. The predicted octanol–water partition coefficient (Wildman–Crippen LogP) is 3.77. The molecule has 1 fully saturated rings. The molecule has 2 aliphatic rings. The number of hydrogen-bond acceptors (Lipinski definition) is 3. The molecule has 2 bridgehead atoms. The molecule has 2 aliphatic heterocycles. The monoisotopic (exact) mass is 301 g/mol. The summed E-state index contributed by atoms with van der Waals surface area (Å²) in [6.45, 7) is 1.02. The second kappa shape index (κ2) is 5.98. The van der Waals surface area contributed by atoms with Crippen LogP contribution in [0.1, 0.15) is 36.0 Å². The van der Waals surface area contributed by atoms with Gasteiger partial charge in [0.25, 0.3) is 0 Å². The highest BCUT2D eigenvalue weighted by molar-refractivity contribution is 5.68. The van der Waals surface area contributed by atoms with Crippen molar-refractivity contribution in [3.63, 3.8) is 0 Å². The average molecular weight is 301 g/mol. The molecular weight excluding hydrogens is 282 g/mol. The van der Waals surface area contributed by atoms with E-state index in [1.807, 2.05) is 12.3 Å². The summed E-state index contributed by atoms with van der Waals surface area (Å²) in [5, 5.41) is 9.07. The molecule has 0 saturated carbocycles. The number of aromatic nitrogens is 1. The van der Waals surface area contributed by atoms with Crippen molar-refractivity contribution in [2.24, 2.45) is 0 Å². The zero-order valence-corrected chi connectivity index (χ0v) is 13.0. The predicted molar refractivity (Wildman–Crippen MR) is 90.3 cm³/mol. The Balaban J connectivity index is 1.58. The molecular formula is C20H19N3. The lowest BCUT2D eigenvalue weighted by molar-refractivity contribution is 0.203. The minimum atomic E-state index is 0.509. The molecule has 3 heterocycles.